The number of ether oxygens (including phenoxy) is 1. The van der Waals surface area contributed by atoms with Gasteiger partial charge in [-0.05, 0) is 37.5 Å². The molecule has 4 nitrogen and oxygen atoms in total. The van der Waals surface area contributed by atoms with E-state index in [1.54, 1.807) is 25.3 Å². The third kappa shape index (κ3) is 3.61. The summed E-state index contributed by atoms with van der Waals surface area (Å²) < 4.78 is 5.19. The Hall–Kier alpha value is -1.26. The van der Waals surface area contributed by atoms with Gasteiger partial charge in [0.1, 0.15) is 5.75 Å². The summed E-state index contributed by atoms with van der Waals surface area (Å²) in [4.78, 5) is 11.9. The second kappa shape index (κ2) is 5.80. The van der Waals surface area contributed by atoms with E-state index in [2.05, 4.69) is 5.32 Å². The second-order valence-corrected chi connectivity index (χ2v) is 5.42. The summed E-state index contributed by atoms with van der Waals surface area (Å²) >= 11 is 5.91. The topological polar surface area (TPSA) is 58.6 Å². The van der Waals surface area contributed by atoms with Crippen LogP contribution in [0.15, 0.2) is 18.2 Å². The maximum absolute atomic E-state index is 11.9. The van der Waals surface area contributed by atoms with Gasteiger partial charge in [-0.2, -0.15) is 0 Å². The fourth-order valence-corrected chi connectivity index (χ4v) is 2.34. The first kappa shape index (κ1) is 14.2. The minimum absolute atomic E-state index is 0.138. The molecule has 0 atom stereocenters. The standard InChI is InChI=1S/C14H18ClNO3/c1-19-12-4-3-11(15)7-10(12)8-13(17)16-9-14(18)5-2-6-14/h3-4,7,18H,2,5-6,8-9H2,1H3,(H,16,17). The smallest absolute Gasteiger partial charge is 0.224 e. The third-order valence-electron chi connectivity index (χ3n) is 3.49. The molecule has 1 aliphatic carbocycles. The molecule has 0 bridgehead atoms. The van der Waals surface area contributed by atoms with Crippen molar-refractivity contribution in [3.8, 4) is 5.75 Å². The quantitative estimate of drug-likeness (QED) is 0.868. The number of benzene rings is 1. The molecule has 1 fully saturated rings. The predicted molar refractivity (Wildman–Crippen MR) is 73.5 cm³/mol. The van der Waals surface area contributed by atoms with Gasteiger partial charge < -0.3 is 15.2 Å². The summed E-state index contributed by atoms with van der Waals surface area (Å²) in [5.74, 6) is 0.503. The number of hydrogen-bond donors (Lipinski definition) is 2. The van der Waals surface area contributed by atoms with E-state index in [1.807, 2.05) is 0 Å². The number of methoxy groups -OCH3 is 1. The zero-order valence-corrected chi connectivity index (χ0v) is 11.7. The highest BCUT2D eigenvalue weighted by Crippen LogP contribution is 2.30. The summed E-state index contributed by atoms with van der Waals surface area (Å²) in [6.07, 6.45) is 2.73. The summed E-state index contributed by atoms with van der Waals surface area (Å²) in [7, 11) is 1.56. The Kier molecular flexibility index (Phi) is 4.32. The molecule has 104 valence electrons. The van der Waals surface area contributed by atoms with Crippen molar-refractivity contribution >= 4 is 17.5 Å². The fraction of sp³-hybridized carbons (Fsp3) is 0.500. The maximum Gasteiger partial charge on any atom is 0.224 e. The molecule has 1 saturated carbocycles. The van der Waals surface area contributed by atoms with Crippen molar-refractivity contribution in [3.63, 3.8) is 0 Å². The van der Waals surface area contributed by atoms with Crippen molar-refractivity contribution < 1.29 is 14.6 Å². The first-order valence-corrected chi connectivity index (χ1v) is 6.72. The van der Waals surface area contributed by atoms with Crippen LogP contribution in [-0.2, 0) is 11.2 Å². The second-order valence-electron chi connectivity index (χ2n) is 4.99. The van der Waals surface area contributed by atoms with Crippen molar-refractivity contribution in [1.29, 1.82) is 0 Å². The van der Waals surface area contributed by atoms with Gasteiger partial charge in [-0.25, -0.2) is 0 Å². The van der Waals surface area contributed by atoms with Crippen molar-refractivity contribution in [2.75, 3.05) is 13.7 Å². The van der Waals surface area contributed by atoms with E-state index < -0.39 is 5.60 Å². The first-order valence-electron chi connectivity index (χ1n) is 6.34. The Labute approximate surface area is 117 Å². The molecule has 1 amide bonds. The van der Waals surface area contributed by atoms with Gasteiger partial charge in [0.25, 0.3) is 0 Å². The average Bonchev–Trinajstić information content (AvgIpc) is 2.34. The van der Waals surface area contributed by atoms with Crippen LogP contribution >= 0.6 is 11.6 Å². The van der Waals surface area contributed by atoms with E-state index in [0.717, 1.165) is 24.8 Å². The van der Waals surface area contributed by atoms with Gasteiger partial charge in [-0.1, -0.05) is 11.6 Å². The number of carbonyl (C=O) groups excluding carboxylic acids is 1. The highest BCUT2D eigenvalue weighted by molar-refractivity contribution is 6.30. The van der Waals surface area contributed by atoms with Gasteiger partial charge >= 0.3 is 0 Å². The van der Waals surface area contributed by atoms with E-state index in [9.17, 15) is 9.90 Å². The van der Waals surface area contributed by atoms with Crippen LogP contribution in [0.1, 0.15) is 24.8 Å². The van der Waals surface area contributed by atoms with Gasteiger partial charge in [0.2, 0.25) is 5.91 Å². The first-order chi connectivity index (χ1) is 9.02. The van der Waals surface area contributed by atoms with E-state index >= 15 is 0 Å². The average molecular weight is 284 g/mol. The van der Waals surface area contributed by atoms with E-state index in [1.165, 1.54) is 0 Å². The Balaban J connectivity index is 1.92. The molecule has 0 saturated heterocycles. The Morgan fingerprint density at radius 1 is 1.53 bits per heavy atom. The lowest BCUT2D eigenvalue weighted by Crippen LogP contribution is -2.48. The lowest BCUT2D eigenvalue weighted by Gasteiger charge is -2.36. The van der Waals surface area contributed by atoms with Crippen LogP contribution in [0.3, 0.4) is 0 Å². The molecule has 2 rings (SSSR count). The molecule has 19 heavy (non-hydrogen) atoms. The molecular formula is C14H18ClNO3. The van der Waals surface area contributed by atoms with Gasteiger partial charge in [0.05, 0.1) is 19.1 Å². The van der Waals surface area contributed by atoms with Crippen molar-refractivity contribution in [1.82, 2.24) is 5.32 Å². The SMILES string of the molecule is COc1ccc(Cl)cc1CC(=O)NCC1(O)CCC1. The number of amides is 1. The van der Waals surface area contributed by atoms with Crippen LogP contribution < -0.4 is 10.1 Å². The number of aliphatic hydroxyl groups is 1. The zero-order valence-electron chi connectivity index (χ0n) is 10.9. The molecule has 1 aromatic carbocycles. The van der Waals surface area contributed by atoms with Crippen molar-refractivity contribution in [2.24, 2.45) is 0 Å². The van der Waals surface area contributed by atoms with Crippen molar-refractivity contribution in [2.45, 2.75) is 31.3 Å². The Morgan fingerprint density at radius 3 is 2.84 bits per heavy atom. The summed E-state index contributed by atoms with van der Waals surface area (Å²) in [5.41, 5.74) is 0.0433. The molecule has 2 N–H and O–H groups in total. The molecule has 0 heterocycles. The van der Waals surface area contributed by atoms with Crippen molar-refractivity contribution in [3.05, 3.63) is 28.8 Å². The molecule has 1 aliphatic rings. The third-order valence-corrected chi connectivity index (χ3v) is 3.73. The number of rotatable bonds is 5. The predicted octanol–water partition coefficient (Wildman–Crippen LogP) is 1.92. The molecule has 0 unspecified atom stereocenters. The molecule has 0 spiro atoms. The summed E-state index contributed by atoms with van der Waals surface area (Å²) in [5, 5.41) is 13.2. The van der Waals surface area contributed by atoms with Gasteiger partial charge in [0.15, 0.2) is 0 Å². The number of hydrogen-bond acceptors (Lipinski definition) is 3. The summed E-state index contributed by atoms with van der Waals surface area (Å²) in [6, 6.07) is 5.18. The maximum atomic E-state index is 11.9. The molecule has 0 aromatic heterocycles. The summed E-state index contributed by atoms with van der Waals surface area (Å²) in [6.45, 7) is 0.314. The van der Waals surface area contributed by atoms with Gasteiger partial charge in [-0.3, -0.25) is 4.79 Å². The van der Waals surface area contributed by atoms with Gasteiger partial charge in [0, 0.05) is 17.1 Å². The molecule has 1 aromatic rings. The zero-order chi connectivity index (χ0) is 13.9. The Bertz CT molecular complexity index is 472. The van der Waals surface area contributed by atoms with Crippen LogP contribution in [0.4, 0.5) is 0 Å². The van der Waals surface area contributed by atoms with E-state index in [4.69, 9.17) is 16.3 Å². The number of carbonyl (C=O) groups is 1. The van der Waals surface area contributed by atoms with Crippen LogP contribution in [-0.4, -0.2) is 30.3 Å². The van der Waals surface area contributed by atoms with Crippen LogP contribution in [0, 0.1) is 0 Å². The molecule has 5 heteroatoms. The van der Waals surface area contributed by atoms with Crippen LogP contribution in [0.5, 0.6) is 5.75 Å². The molecular weight excluding hydrogens is 266 g/mol. The molecule has 0 aliphatic heterocycles. The minimum atomic E-state index is -0.700. The number of nitrogens with one attached hydrogen (secondary N) is 1. The van der Waals surface area contributed by atoms with Crippen LogP contribution in [0.2, 0.25) is 5.02 Å². The van der Waals surface area contributed by atoms with E-state index in [0.29, 0.717) is 17.3 Å². The van der Waals surface area contributed by atoms with Gasteiger partial charge in [-0.15, -0.1) is 0 Å². The largest absolute Gasteiger partial charge is 0.496 e. The van der Waals surface area contributed by atoms with E-state index in [-0.39, 0.29) is 12.3 Å². The normalized spacial score (nSPS) is 16.6. The monoisotopic (exact) mass is 283 g/mol. The van der Waals surface area contributed by atoms with Crippen LogP contribution in [0.25, 0.3) is 0 Å². The Morgan fingerprint density at radius 2 is 2.26 bits per heavy atom. The minimum Gasteiger partial charge on any atom is -0.496 e. The highest BCUT2D eigenvalue weighted by atomic mass is 35.5. The highest BCUT2D eigenvalue weighted by Gasteiger charge is 2.34. The lowest BCUT2D eigenvalue weighted by molar-refractivity contribution is -0.122. The molecule has 0 radical (unpaired) electrons. The number of halogens is 1. The lowest BCUT2D eigenvalue weighted by atomic mass is 9.80. The fourth-order valence-electron chi connectivity index (χ4n) is 2.15.